The van der Waals surface area contributed by atoms with E-state index < -0.39 is 5.54 Å². The zero-order valence-electron chi connectivity index (χ0n) is 11.6. The van der Waals surface area contributed by atoms with Crippen molar-refractivity contribution in [3.63, 3.8) is 0 Å². The van der Waals surface area contributed by atoms with Crippen molar-refractivity contribution in [2.75, 3.05) is 7.11 Å². The van der Waals surface area contributed by atoms with E-state index in [9.17, 15) is 4.79 Å². The van der Waals surface area contributed by atoms with E-state index in [-0.39, 0.29) is 18.1 Å². The highest BCUT2D eigenvalue weighted by Gasteiger charge is 2.48. The molecule has 1 fully saturated rings. The molecule has 0 heterocycles. The van der Waals surface area contributed by atoms with Crippen LogP contribution in [-0.2, 0) is 9.53 Å². The van der Waals surface area contributed by atoms with Gasteiger partial charge in [0.1, 0.15) is 5.54 Å². The molecule has 4 heteroatoms. The van der Waals surface area contributed by atoms with E-state index in [0.29, 0.717) is 0 Å². The lowest BCUT2D eigenvalue weighted by molar-refractivity contribution is -0.129. The van der Waals surface area contributed by atoms with Crippen molar-refractivity contribution in [1.29, 1.82) is 0 Å². The fraction of sp³-hybridized carbons (Fsp3) is 0.533. The van der Waals surface area contributed by atoms with Crippen molar-refractivity contribution < 1.29 is 9.53 Å². The summed E-state index contributed by atoms with van der Waals surface area (Å²) >= 11 is 0. The van der Waals surface area contributed by atoms with Gasteiger partial charge in [0.05, 0.1) is 6.10 Å². The van der Waals surface area contributed by atoms with Gasteiger partial charge in [0.2, 0.25) is 5.91 Å². The minimum atomic E-state index is -0.746. The molecule has 0 saturated heterocycles. The molecule has 0 spiro atoms. The molecule has 2 rings (SSSR count). The number of hydrogen-bond acceptors (Lipinski definition) is 3. The number of nitrogens with two attached hydrogens (primary N) is 1. The summed E-state index contributed by atoms with van der Waals surface area (Å²) in [5, 5.41) is 3.41. The molecule has 1 aromatic rings. The number of benzene rings is 1. The maximum Gasteiger partial charge on any atom is 0.240 e. The molecule has 19 heavy (non-hydrogen) atoms. The van der Waals surface area contributed by atoms with Crippen LogP contribution in [0.2, 0.25) is 0 Å². The van der Waals surface area contributed by atoms with Gasteiger partial charge in [0.25, 0.3) is 0 Å². The number of methoxy groups -OCH3 is 1. The Balaban J connectivity index is 2.20. The lowest BCUT2D eigenvalue weighted by Gasteiger charge is -2.35. The van der Waals surface area contributed by atoms with Crippen LogP contribution in [0.1, 0.15) is 37.8 Å². The van der Waals surface area contributed by atoms with Crippen LogP contribution in [0, 0.1) is 0 Å². The first-order chi connectivity index (χ1) is 9.10. The Morgan fingerprint density at radius 2 is 2.16 bits per heavy atom. The highest BCUT2D eigenvalue weighted by atomic mass is 16.5. The number of hydrogen-bond donors (Lipinski definition) is 2. The van der Waals surface area contributed by atoms with E-state index in [1.165, 1.54) is 0 Å². The monoisotopic (exact) mass is 262 g/mol. The van der Waals surface area contributed by atoms with E-state index in [4.69, 9.17) is 10.5 Å². The van der Waals surface area contributed by atoms with E-state index in [1.807, 2.05) is 37.3 Å². The zero-order chi connectivity index (χ0) is 13.9. The minimum Gasteiger partial charge on any atom is -0.379 e. The molecule has 0 aromatic heterocycles. The van der Waals surface area contributed by atoms with E-state index >= 15 is 0 Å². The smallest absolute Gasteiger partial charge is 0.240 e. The lowest BCUT2D eigenvalue weighted by Crippen LogP contribution is -2.61. The van der Waals surface area contributed by atoms with E-state index in [0.717, 1.165) is 24.8 Å². The molecule has 0 bridgehead atoms. The van der Waals surface area contributed by atoms with Crippen LogP contribution >= 0.6 is 0 Å². The average Bonchev–Trinajstić information content (AvgIpc) is 2.83. The molecule has 1 aliphatic rings. The van der Waals surface area contributed by atoms with Gasteiger partial charge in [0.15, 0.2) is 0 Å². The number of carbonyl (C=O) groups excluding carboxylic acids is 1. The van der Waals surface area contributed by atoms with Crippen LogP contribution in [0.5, 0.6) is 0 Å². The first kappa shape index (κ1) is 14.0. The second-order valence-corrected chi connectivity index (χ2v) is 5.23. The third-order valence-corrected chi connectivity index (χ3v) is 4.08. The fourth-order valence-corrected chi connectivity index (χ4v) is 3.02. The molecule has 104 valence electrons. The second kappa shape index (κ2) is 5.72. The van der Waals surface area contributed by atoms with Crippen LogP contribution in [0.3, 0.4) is 0 Å². The summed E-state index contributed by atoms with van der Waals surface area (Å²) in [5.74, 6) is -0.320. The van der Waals surface area contributed by atoms with Crippen molar-refractivity contribution in [2.45, 2.75) is 43.9 Å². The van der Waals surface area contributed by atoms with Gasteiger partial charge in [-0.3, -0.25) is 10.1 Å². The summed E-state index contributed by atoms with van der Waals surface area (Å²) in [6.45, 7) is 2.05. The van der Waals surface area contributed by atoms with Gasteiger partial charge < -0.3 is 10.5 Å². The Morgan fingerprint density at radius 1 is 1.47 bits per heavy atom. The first-order valence-electron chi connectivity index (χ1n) is 6.75. The molecule has 1 aliphatic carbocycles. The average molecular weight is 262 g/mol. The predicted molar refractivity (Wildman–Crippen MR) is 74.6 cm³/mol. The molecule has 3 atom stereocenters. The van der Waals surface area contributed by atoms with Gasteiger partial charge in [-0.1, -0.05) is 30.3 Å². The maximum atomic E-state index is 11.9. The topological polar surface area (TPSA) is 64.3 Å². The molecule has 0 radical (unpaired) electrons. The van der Waals surface area contributed by atoms with Crippen LogP contribution in [0.25, 0.3) is 0 Å². The molecule has 0 unspecified atom stereocenters. The van der Waals surface area contributed by atoms with Gasteiger partial charge in [-0.25, -0.2) is 0 Å². The van der Waals surface area contributed by atoms with Crippen molar-refractivity contribution >= 4 is 5.91 Å². The summed E-state index contributed by atoms with van der Waals surface area (Å²) in [7, 11) is 1.64. The summed E-state index contributed by atoms with van der Waals surface area (Å²) in [6.07, 6.45) is 2.42. The van der Waals surface area contributed by atoms with E-state index in [1.54, 1.807) is 7.11 Å². The van der Waals surface area contributed by atoms with Gasteiger partial charge in [-0.15, -0.1) is 0 Å². The lowest BCUT2D eigenvalue weighted by atomic mass is 9.91. The molecule has 1 saturated carbocycles. The van der Waals surface area contributed by atoms with Crippen molar-refractivity contribution in [3.05, 3.63) is 35.9 Å². The highest BCUT2D eigenvalue weighted by Crippen LogP contribution is 2.34. The van der Waals surface area contributed by atoms with Gasteiger partial charge in [-0.05, 0) is 31.7 Å². The summed E-state index contributed by atoms with van der Waals surface area (Å²) in [4.78, 5) is 11.9. The zero-order valence-corrected chi connectivity index (χ0v) is 11.6. The molecule has 4 nitrogen and oxygen atoms in total. The van der Waals surface area contributed by atoms with Crippen LogP contribution in [-0.4, -0.2) is 24.7 Å². The minimum absolute atomic E-state index is 0.0597. The molecule has 0 aliphatic heterocycles. The summed E-state index contributed by atoms with van der Waals surface area (Å²) < 4.78 is 5.46. The summed E-state index contributed by atoms with van der Waals surface area (Å²) in [5.41, 5.74) is 6.04. The number of rotatable bonds is 5. The molecule has 3 N–H and O–H groups in total. The van der Waals surface area contributed by atoms with Gasteiger partial charge >= 0.3 is 0 Å². The first-order valence-corrected chi connectivity index (χ1v) is 6.75. The van der Waals surface area contributed by atoms with Crippen molar-refractivity contribution in [3.8, 4) is 0 Å². The number of amides is 1. The van der Waals surface area contributed by atoms with Crippen LogP contribution in [0.4, 0.5) is 0 Å². The SMILES string of the molecule is CO[C@H]1CCC[C@]1(N[C@@H](C)c1ccccc1)C(N)=O. The molecular formula is C15H22N2O2. The Labute approximate surface area is 114 Å². The number of nitrogens with one attached hydrogen (secondary N) is 1. The third-order valence-electron chi connectivity index (χ3n) is 4.08. The van der Waals surface area contributed by atoms with Crippen molar-refractivity contribution in [2.24, 2.45) is 5.73 Å². The molecule has 1 aromatic carbocycles. The Bertz CT molecular complexity index is 435. The second-order valence-electron chi connectivity index (χ2n) is 5.23. The quantitative estimate of drug-likeness (QED) is 0.850. The standard InChI is InChI=1S/C15H22N2O2/c1-11(12-7-4-3-5-8-12)17-15(14(16)18)10-6-9-13(15)19-2/h3-5,7-8,11,13,17H,6,9-10H2,1-2H3,(H2,16,18)/t11-,13-,15+/m0/s1. The fourth-order valence-electron chi connectivity index (χ4n) is 3.02. The predicted octanol–water partition coefficient (Wildman–Crippen LogP) is 1.76. The highest BCUT2D eigenvalue weighted by molar-refractivity contribution is 5.86. The van der Waals surface area contributed by atoms with Crippen LogP contribution < -0.4 is 11.1 Å². The Morgan fingerprint density at radius 3 is 2.74 bits per heavy atom. The van der Waals surface area contributed by atoms with Gasteiger partial charge in [-0.2, -0.15) is 0 Å². The normalized spacial score (nSPS) is 28.2. The number of primary amides is 1. The van der Waals surface area contributed by atoms with Crippen LogP contribution in [0.15, 0.2) is 30.3 Å². The molecule has 1 amide bonds. The summed E-state index contributed by atoms with van der Waals surface area (Å²) in [6, 6.07) is 10.1. The van der Waals surface area contributed by atoms with E-state index in [2.05, 4.69) is 5.32 Å². The largest absolute Gasteiger partial charge is 0.379 e. The van der Waals surface area contributed by atoms with Gasteiger partial charge in [0, 0.05) is 13.2 Å². The number of ether oxygens (including phenoxy) is 1. The Kier molecular flexibility index (Phi) is 4.22. The number of carbonyl (C=O) groups is 1. The maximum absolute atomic E-state index is 11.9. The van der Waals surface area contributed by atoms with Crippen molar-refractivity contribution in [1.82, 2.24) is 5.32 Å². The molecular weight excluding hydrogens is 240 g/mol. The third kappa shape index (κ3) is 2.65. The Hall–Kier alpha value is -1.39.